The minimum absolute atomic E-state index is 0.168. The molecule has 31 heavy (non-hydrogen) atoms. The number of carbonyl (C=O) groups is 1. The van der Waals surface area contributed by atoms with Crippen molar-refractivity contribution in [1.29, 1.82) is 0 Å². The Kier molecular flexibility index (Phi) is 5.95. The lowest BCUT2D eigenvalue weighted by Crippen LogP contribution is -2.29. The second-order valence-corrected chi connectivity index (χ2v) is 8.40. The molecule has 1 amide bonds. The molecule has 0 saturated carbocycles. The van der Waals surface area contributed by atoms with E-state index in [4.69, 9.17) is 4.74 Å². The zero-order chi connectivity index (χ0) is 21.8. The largest absolute Gasteiger partial charge is 0.457 e. The molecule has 0 radical (unpaired) electrons. The predicted octanol–water partition coefficient (Wildman–Crippen LogP) is 5.02. The second kappa shape index (κ2) is 8.97. The van der Waals surface area contributed by atoms with E-state index in [0.29, 0.717) is 17.1 Å². The molecule has 6 nitrogen and oxygen atoms in total. The monoisotopic (exact) mass is 431 g/mol. The van der Waals surface area contributed by atoms with Crippen LogP contribution in [-0.4, -0.2) is 15.7 Å². The number of hydrogen-bond acceptors (Lipinski definition) is 5. The van der Waals surface area contributed by atoms with Gasteiger partial charge in [-0.05, 0) is 74.0 Å². The number of amides is 1. The Morgan fingerprint density at radius 2 is 1.81 bits per heavy atom. The number of anilines is 1. The van der Waals surface area contributed by atoms with Gasteiger partial charge in [0, 0.05) is 16.6 Å². The molecule has 1 N–H and O–H groups in total. The number of aromatic nitrogens is 2. The Morgan fingerprint density at radius 1 is 1.00 bits per heavy atom. The highest BCUT2D eigenvalue weighted by Crippen LogP contribution is 2.25. The van der Waals surface area contributed by atoms with Gasteiger partial charge in [-0.3, -0.25) is 9.59 Å². The molecule has 0 aliphatic rings. The van der Waals surface area contributed by atoms with E-state index in [1.165, 1.54) is 10.7 Å². The maximum Gasteiger partial charge on any atom is 0.267 e. The topological polar surface area (TPSA) is 73.2 Å². The number of rotatable bonds is 6. The van der Waals surface area contributed by atoms with Crippen LogP contribution < -0.4 is 15.6 Å². The van der Waals surface area contributed by atoms with Gasteiger partial charge in [0.1, 0.15) is 23.7 Å². The Hall–Kier alpha value is -3.71. The van der Waals surface area contributed by atoms with Crippen molar-refractivity contribution >= 4 is 22.9 Å². The normalized spacial score (nSPS) is 10.6. The van der Waals surface area contributed by atoms with Crippen molar-refractivity contribution in [2.45, 2.75) is 20.4 Å². The van der Waals surface area contributed by atoms with Crippen LogP contribution in [0.2, 0.25) is 0 Å². The first-order chi connectivity index (χ1) is 15.0. The van der Waals surface area contributed by atoms with Crippen molar-refractivity contribution in [3.8, 4) is 22.1 Å². The first-order valence-electron chi connectivity index (χ1n) is 9.76. The average Bonchev–Trinajstić information content (AvgIpc) is 3.17. The fourth-order valence-electron chi connectivity index (χ4n) is 3.02. The third-order valence-corrected chi connectivity index (χ3v) is 5.54. The Labute approximate surface area is 183 Å². The SMILES string of the molecule is Cc1cccc(Oc2ccc(NC(=O)Cn3nc(-c4ccc(C)s4)ccc3=O)cc2)c1. The summed E-state index contributed by atoms with van der Waals surface area (Å²) in [7, 11) is 0. The minimum atomic E-state index is -0.332. The summed E-state index contributed by atoms with van der Waals surface area (Å²) in [6.45, 7) is 3.84. The molecule has 4 aromatic rings. The van der Waals surface area contributed by atoms with Crippen LogP contribution in [0, 0.1) is 13.8 Å². The van der Waals surface area contributed by atoms with Crippen LogP contribution in [0.4, 0.5) is 5.69 Å². The number of ether oxygens (including phenoxy) is 1. The lowest BCUT2D eigenvalue weighted by Gasteiger charge is -2.09. The first-order valence-corrected chi connectivity index (χ1v) is 10.6. The van der Waals surface area contributed by atoms with Crippen molar-refractivity contribution in [2.75, 3.05) is 5.32 Å². The molecule has 0 aliphatic heterocycles. The minimum Gasteiger partial charge on any atom is -0.457 e. The quantitative estimate of drug-likeness (QED) is 0.465. The van der Waals surface area contributed by atoms with E-state index < -0.39 is 0 Å². The highest BCUT2D eigenvalue weighted by atomic mass is 32.1. The van der Waals surface area contributed by atoms with Crippen LogP contribution in [0.5, 0.6) is 11.5 Å². The molecule has 2 heterocycles. The summed E-state index contributed by atoms with van der Waals surface area (Å²) in [4.78, 5) is 26.7. The molecule has 0 saturated heterocycles. The summed E-state index contributed by atoms with van der Waals surface area (Å²) in [5.74, 6) is 1.09. The molecular weight excluding hydrogens is 410 g/mol. The van der Waals surface area contributed by atoms with Gasteiger partial charge in [-0.1, -0.05) is 12.1 Å². The molecule has 0 aliphatic carbocycles. The molecule has 7 heteroatoms. The zero-order valence-electron chi connectivity index (χ0n) is 17.2. The number of aryl methyl sites for hydroxylation is 2. The van der Waals surface area contributed by atoms with Gasteiger partial charge in [0.15, 0.2) is 0 Å². The van der Waals surface area contributed by atoms with Crippen molar-refractivity contribution in [1.82, 2.24) is 9.78 Å². The number of carbonyl (C=O) groups excluding carboxylic acids is 1. The van der Waals surface area contributed by atoms with Crippen molar-refractivity contribution in [3.05, 3.63) is 93.6 Å². The highest BCUT2D eigenvalue weighted by Gasteiger charge is 2.10. The molecule has 156 valence electrons. The van der Waals surface area contributed by atoms with E-state index >= 15 is 0 Å². The summed E-state index contributed by atoms with van der Waals surface area (Å²) >= 11 is 1.59. The molecule has 0 unspecified atom stereocenters. The Morgan fingerprint density at radius 3 is 2.52 bits per heavy atom. The van der Waals surface area contributed by atoms with Crippen LogP contribution in [0.1, 0.15) is 10.4 Å². The maximum absolute atomic E-state index is 12.5. The smallest absolute Gasteiger partial charge is 0.267 e. The van der Waals surface area contributed by atoms with Crippen LogP contribution in [0.15, 0.2) is 77.6 Å². The molecule has 0 atom stereocenters. The van der Waals surface area contributed by atoms with E-state index in [9.17, 15) is 9.59 Å². The third-order valence-electron chi connectivity index (χ3n) is 4.52. The van der Waals surface area contributed by atoms with Crippen LogP contribution in [-0.2, 0) is 11.3 Å². The highest BCUT2D eigenvalue weighted by molar-refractivity contribution is 7.15. The molecule has 0 fully saturated rings. The lowest BCUT2D eigenvalue weighted by molar-refractivity contribution is -0.117. The number of hydrogen-bond donors (Lipinski definition) is 1. The molecule has 0 spiro atoms. The molecule has 0 bridgehead atoms. The predicted molar refractivity (Wildman–Crippen MR) is 123 cm³/mol. The summed E-state index contributed by atoms with van der Waals surface area (Å²) < 4.78 is 7.00. The number of benzene rings is 2. The van der Waals surface area contributed by atoms with Gasteiger partial charge in [-0.2, -0.15) is 5.10 Å². The van der Waals surface area contributed by atoms with Gasteiger partial charge >= 0.3 is 0 Å². The van der Waals surface area contributed by atoms with Crippen LogP contribution in [0.25, 0.3) is 10.6 Å². The van der Waals surface area contributed by atoms with Crippen LogP contribution >= 0.6 is 11.3 Å². The second-order valence-electron chi connectivity index (χ2n) is 7.12. The maximum atomic E-state index is 12.5. The molecule has 4 rings (SSSR count). The van der Waals surface area contributed by atoms with E-state index in [0.717, 1.165) is 21.1 Å². The standard InChI is InChI=1S/C24H21N3O3S/c1-16-4-3-5-20(14-16)30-19-9-7-18(8-10-19)25-23(28)15-27-24(29)13-11-21(26-27)22-12-6-17(2)31-22/h3-14H,15H2,1-2H3,(H,25,28). The molecular formula is C24H21N3O3S. The van der Waals surface area contributed by atoms with Crippen molar-refractivity contribution < 1.29 is 9.53 Å². The van der Waals surface area contributed by atoms with E-state index in [1.54, 1.807) is 41.7 Å². The van der Waals surface area contributed by atoms with Gasteiger partial charge < -0.3 is 10.1 Å². The van der Waals surface area contributed by atoms with Crippen molar-refractivity contribution in [3.63, 3.8) is 0 Å². The molecule has 2 aromatic heterocycles. The molecule has 2 aromatic carbocycles. The van der Waals surface area contributed by atoms with Gasteiger partial charge in [-0.25, -0.2) is 4.68 Å². The van der Waals surface area contributed by atoms with Gasteiger partial charge in [0.2, 0.25) is 5.91 Å². The Balaban J connectivity index is 1.41. The first kappa shape index (κ1) is 20.6. The number of nitrogens with zero attached hydrogens (tertiary/aromatic N) is 2. The van der Waals surface area contributed by atoms with E-state index in [-0.39, 0.29) is 18.0 Å². The van der Waals surface area contributed by atoms with E-state index in [2.05, 4.69) is 10.4 Å². The fourth-order valence-corrected chi connectivity index (χ4v) is 3.86. The number of nitrogens with one attached hydrogen (secondary N) is 1. The summed E-state index contributed by atoms with van der Waals surface area (Å²) in [5.41, 5.74) is 2.07. The fraction of sp³-hybridized carbons (Fsp3) is 0.125. The van der Waals surface area contributed by atoms with Gasteiger partial charge in [0.05, 0.1) is 4.88 Å². The summed E-state index contributed by atoms with van der Waals surface area (Å²) in [5, 5.41) is 7.13. The van der Waals surface area contributed by atoms with Crippen LogP contribution in [0.3, 0.4) is 0 Å². The zero-order valence-corrected chi connectivity index (χ0v) is 18.0. The Bertz CT molecular complexity index is 1280. The number of thiophene rings is 1. The van der Waals surface area contributed by atoms with Gasteiger partial charge in [0.25, 0.3) is 5.56 Å². The average molecular weight is 432 g/mol. The summed E-state index contributed by atoms with van der Waals surface area (Å²) in [6.07, 6.45) is 0. The van der Waals surface area contributed by atoms with Crippen molar-refractivity contribution in [2.24, 2.45) is 0 Å². The van der Waals surface area contributed by atoms with Gasteiger partial charge in [-0.15, -0.1) is 11.3 Å². The lowest BCUT2D eigenvalue weighted by atomic mass is 10.2. The third kappa shape index (κ3) is 5.26. The summed E-state index contributed by atoms with van der Waals surface area (Å²) in [6, 6.07) is 21.9. The van der Waals surface area contributed by atoms with E-state index in [1.807, 2.05) is 50.2 Å².